The lowest BCUT2D eigenvalue weighted by Gasteiger charge is -2.12. The molecule has 0 unspecified atom stereocenters. The van der Waals surface area contributed by atoms with Crippen LogP contribution < -0.4 is 0 Å². The molecule has 1 N–H and O–H groups in total. The first-order chi connectivity index (χ1) is 8.49. The Morgan fingerprint density at radius 1 is 0.889 bits per heavy atom. The van der Waals surface area contributed by atoms with Crippen LogP contribution in [0.4, 0.5) is 5.69 Å². The number of para-hydroxylation sites is 1. The van der Waals surface area contributed by atoms with Crippen molar-refractivity contribution in [1.29, 1.82) is 5.41 Å². The zero-order chi connectivity index (χ0) is 13.3. The summed E-state index contributed by atoms with van der Waals surface area (Å²) in [6.07, 6.45) is 3.95. The number of rotatable bonds is 1. The van der Waals surface area contributed by atoms with Gasteiger partial charge in [-0.25, -0.2) is 4.99 Å². The first-order valence-corrected chi connectivity index (χ1v) is 6.10. The molecule has 0 saturated carbocycles. The Morgan fingerprint density at radius 3 is 1.89 bits per heavy atom. The SMILES string of the molecule is CC1=CC(=Nc2c(C)cccc2C)C=C(C)C1=N. The Bertz CT molecular complexity index is 557. The van der Waals surface area contributed by atoms with Crippen molar-refractivity contribution in [1.82, 2.24) is 0 Å². The van der Waals surface area contributed by atoms with E-state index in [0.717, 1.165) is 22.5 Å². The predicted octanol–water partition coefficient (Wildman–Crippen LogP) is 4.30. The largest absolute Gasteiger partial charge is 0.300 e. The lowest BCUT2D eigenvalue weighted by molar-refractivity contribution is 1.32. The summed E-state index contributed by atoms with van der Waals surface area (Å²) in [5.74, 6) is 0. The van der Waals surface area contributed by atoms with Crippen molar-refractivity contribution in [3.05, 3.63) is 52.6 Å². The topological polar surface area (TPSA) is 36.2 Å². The number of aryl methyl sites for hydroxylation is 2. The van der Waals surface area contributed by atoms with E-state index in [1.807, 2.05) is 32.1 Å². The Hall–Kier alpha value is -1.96. The van der Waals surface area contributed by atoms with Crippen LogP contribution in [0.3, 0.4) is 0 Å². The van der Waals surface area contributed by atoms with E-state index in [1.165, 1.54) is 11.1 Å². The highest BCUT2D eigenvalue weighted by molar-refractivity contribution is 6.22. The molecule has 1 aromatic carbocycles. The molecule has 0 spiro atoms. The third-order valence-electron chi connectivity index (χ3n) is 3.20. The number of benzene rings is 1. The first kappa shape index (κ1) is 12.5. The van der Waals surface area contributed by atoms with Gasteiger partial charge in [-0.05, 0) is 62.1 Å². The second-order valence-electron chi connectivity index (χ2n) is 4.81. The fourth-order valence-electron chi connectivity index (χ4n) is 2.12. The number of allylic oxidation sites excluding steroid dienone is 4. The van der Waals surface area contributed by atoms with E-state index in [1.54, 1.807) is 0 Å². The minimum Gasteiger partial charge on any atom is -0.300 e. The quantitative estimate of drug-likeness (QED) is 0.708. The van der Waals surface area contributed by atoms with Gasteiger partial charge in [-0.3, -0.25) is 0 Å². The zero-order valence-corrected chi connectivity index (χ0v) is 11.3. The van der Waals surface area contributed by atoms with Gasteiger partial charge in [0.05, 0.1) is 17.1 Å². The van der Waals surface area contributed by atoms with Crippen LogP contribution in [0.5, 0.6) is 0 Å². The van der Waals surface area contributed by atoms with Gasteiger partial charge in [0.25, 0.3) is 0 Å². The summed E-state index contributed by atoms with van der Waals surface area (Å²) in [6.45, 7) is 8.06. The van der Waals surface area contributed by atoms with Gasteiger partial charge in [0.1, 0.15) is 0 Å². The molecular weight excluding hydrogens is 220 g/mol. The maximum absolute atomic E-state index is 7.86. The molecule has 1 aliphatic carbocycles. The van der Waals surface area contributed by atoms with Gasteiger partial charge in [-0.1, -0.05) is 18.2 Å². The van der Waals surface area contributed by atoms with Crippen LogP contribution in [0, 0.1) is 19.3 Å². The highest BCUT2D eigenvalue weighted by atomic mass is 14.8. The van der Waals surface area contributed by atoms with Gasteiger partial charge in [0.15, 0.2) is 0 Å². The van der Waals surface area contributed by atoms with E-state index >= 15 is 0 Å². The van der Waals surface area contributed by atoms with Crippen LogP contribution in [-0.2, 0) is 0 Å². The standard InChI is InChI=1S/C16H18N2/c1-10-6-5-7-11(2)16(10)18-14-8-12(3)15(17)13(4)9-14/h5-9,17H,1-4H3. The van der Waals surface area contributed by atoms with Gasteiger partial charge >= 0.3 is 0 Å². The lowest BCUT2D eigenvalue weighted by atomic mass is 9.97. The summed E-state index contributed by atoms with van der Waals surface area (Å²) in [4.78, 5) is 4.72. The van der Waals surface area contributed by atoms with Crippen molar-refractivity contribution in [3.8, 4) is 0 Å². The highest BCUT2D eigenvalue weighted by Gasteiger charge is 2.10. The molecule has 0 bridgehead atoms. The van der Waals surface area contributed by atoms with Gasteiger partial charge in [-0.2, -0.15) is 0 Å². The van der Waals surface area contributed by atoms with Crippen LogP contribution in [0.1, 0.15) is 25.0 Å². The molecular formula is C16H18N2. The zero-order valence-electron chi connectivity index (χ0n) is 11.3. The minimum atomic E-state index is 0.607. The maximum atomic E-state index is 7.86. The molecule has 0 atom stereocenters. The molecule has 18 heavy (non-hydrogen) atoms. The Labute approximate surface area is 108 Å². The fraction of sp³-hybridized carbons (Fsp3) is 0.250. The molecule has 0 aliphatic heterocycles. The van der Waals surface area contributed by atoms with Gasteiger partial charge in [0, 0.05) is 0 Å². The molecule has 1 aromatic rings. The number of aliphatic imine (C=N–C) groups is 1. The Morgan fingerprint density at radius 2 is 1.39 bits per heavy atom. The lowest BCUT2D eigenvalue weighted by Crippen LogP contribution is -2.09. The average molecular weight is 238 g/mol. The smallest absolute Gasteiger partial charge is 0.0695 e. The number of nitrogens with one attached hydrogen (secondary N) is 1. The van der Waals surface area contributed by atoms with Gasteiger partial charge in [-0.15, -0.1) is 0 Å². The fourth-order valence-corrected chi connectivity index (χ4v) is 2.12. The summed E-state index contributed by atoms with van der Waals surface area (Å²) in [7, 11) is 0. The second-order valence-corrected chi connectivity index (χ2v) is 4.81. The van der Waals surface area contributed by atoms with Gasteiger partial charge < -0.3 is 5.41 Å². The van der Waals surface area contributed by atoms with Crippen LogP contribution in [0.2, 0.25) is 0 Å². The summed E-state index contributed by atoms with van der Waals surface area (Å²) in [5.41, 5.74) is 6.88. The van der Waals surface area contributed by atoms with E-state index in [-0.39, 0.29) is 0 Å². The van der Waals surface area contributed by atoms with Crippen molar-refractivity contribution in [2.24, 2.45) is 4.99 Å². The van der Waals surface area contributed by atoms with Crippen LogP contribution in [0.25, 0.3) is 0 Å². The molecule has 2 rings (SSSR count). The van der Waals surface area contributed by atoms with Crippen LogP contribution >= 0.6 is 0 Å². The molecule has 92 valence electrons. The number of hydrogen-bond donors (Lipinski definition) is 1. The van der Waals surface area contributed by atoms with Crippen molar-refractivity contribution in [2.75, 3.05) is 0 Å². The molecule has 1 aliphatic rings. The van der Waals surface area contributed by atoms with Gasteiger partial charge in [0.2, 0.25) is 0 Å². The van der Waals surface area contributed by atoms with Crippen molar-refractivity contribution >= 4 is 17.1 Å². The summed E-state index contributed by atoms with van der Waals surface area (Å²) in [5, 5.41) is 7.86. The second kappa shape index (κ2) is 4.73. The minimum absolute atomic E-state index is 0.607. The van der Waals surface area contributed by atoms with E-state index in [9.17, 15) is 0 Å². The number of hydrogen-bond acceptors (Lipinski definition) is 2. The third kappa shape index (κ3) is 2.33. The Balaban J connectivity index is 2.50. The third-order valence-corrected chi connectivity index (χ3v) is 3.20. The van der Waals surface area contributed by atoms with Crippen molar-refractivity contribution in [3.63, 3.8) is 0 Å². The molecule has 0 saturated heterocycles. The molecule has 0 amide bonds. The molecule has 0 aromatic heterocycles. The molecule has 2 heteroatoms. The monoisotopic (exact) mass is 238 g/mol. The molecule has 2 nitrogen and oxygen atoms in total. The highest BCUT2D eigenvalue weighted by Crippen LogP contribution is 2.24. The predicted molar refractivity (Wildman–Crippen MR) is 78.3 cm³/mol. The summed E-state index contributed by atoms with van der Waals surface area (Å²) >= 11 is 0. The van der Waals surface area contributed by atoms with E-state index in [0.29, 0.717) is 5.71 Å². The summed E-state index contributed by atoms with van der Waals surface area (Å²) in [6, 6.07) is 6.20. The first-order valence-electron chi connectivity index (χ1n) is 6.10. The van der Waals surface area contributed by atoms with E-state index < -0.39 is 0 Å². The molecule has 0 radical (unpaired) electrons. The normalized spacial score (nSPS) is 15.3. The van der Waals surface area contributed by atoms with E-state index in [2.05, 4.69) is 26.0 Å². The molecule has 0 heterocycles. The molecule has 0 fully saturated rings. The maximum Gasteiger partial charge on any atom is 0.0695 e. The van der Waals surface area contributed by atoms with Crippen LogP contribution in [-0.4, -0.2) is 11.4 Å². The van der Waals surface area contributed by atoms with Crippen molar-refractivity contribution < 1.29 is 0 Å². The Kier molecular flexibility index (Phi) is 3.28. The van der Waals surface area contributed by atoms with Crippen LogP contribution in [0.15, 0.2) is 46.5 Å². The number of nitrogens with zero attached hydrogens (tertiary/aromatic N) is 1. The summed E-state index contributed by atoms with van der Waals surface area (Å²) < 4.78 is 0. The average Bonchev–Trinajstić information content (AvgIpc) is 2.31. The van der Waals surface area contributed by atoms with E-state index in [4.69, 9.17) is 10.4 Å². The van der Waals surface area contributed by atoms with Crippen molar-refractivity contribution in [2.45, 2.75) is 27.7 Å².